The molecule has 0 saturated heterocycles. The Labute approximate surface area is 117 Å². The van der Waals surface area contributed by atoms with Gasteiger partial charge < -0.3 is 10.4 Å². The van der Waals surface area contributed by atoms with Crippen LogP contribution in [0.2, 0.25) is 5.02 Å². The molecule has 0 spiro atoms. The zero-order valence-corrected chi connectivity index (χ0v) is 12.1. The normalized spacial score (nSPS) is 14.0. The summed E-state index contributed by atoms with van der Waals surface area (Å²) in [4.78, 5) is 11.9. The van der Waals surface area contributed by atoms with E-state index in [0.717, 1.165) is 6.07 Å². The molecule has 0 heterocycles. The second-order valence-electron chi connectivity index (χ2n) is 4.98. The molecule has 1 rings (SSSR count). The van der Waals surface area contributed by atoms with Crippen LogP contribution in [-0.2, 0) is 0 Å². The summed E-state index contributed by atoms with van der Waals surface area (Å²) in [6.07, 6.45) is 0.208. The summed E-state index contributed by atoms with van der Waals surface area (Å²) in [6, 6.07) is 2.58. The fraction of sp³-hybridized carbons (Fsp3) is 0.500. The first-order valence-corrected chi connectivity index (χ1v) is 6.61. The Morgan fingerprint density at radius 1 is 1.47 bits per heavy atom. The van der Waals surface area contributed by atoms with Gasteiger partial charge in [-0.1, -0.05) is 18.5 Å². The molecule has 1 amide bonds. The summed E-state index contributed by atoms with van der Waals surface area (Å²) in [7, 11) is 0. The van der Waals surface area contributed by atoms with Crippen LogP contribution >= 0.6 is 11.6 Å². The highest BCUT2D eigenvalue weighted by Crippen LogP contribution is 2.20. The number of carbonyl (C=O) groups excluding carboxylic acids is 1. The number of halogens is 2. The molecular weight excluding hydrogens is 269 g/mol. The van der Waals surface area contributed by atoms with Gasteiger partial charge in [-0.15, -0.1) is 0 Å². The minimum atomic E-state index is -0.427. The van der Waals surface area contributed by atoms with Crippen molar-refractivity contribution in [3.05, 3.63) is 34.1 Å². The van der Waals surface area contributed by atoms with Crippen LogP contribution in [0.25, 0.3) is 0 Å². The van der Waals surface area contributed by atoms with E-state index in [4.69, 9.17) is 11.6 Å². The van der Waals surface area contributed by atoms with Gasteiger partial charge in [0.15, 0.2) is 0 Å². The molecular formula is C14H19ClFNO2. The van der Waals surface area contributed by atoms with Crippen LogP contribution in [0.3, 0.4) is 0 Å². The molecule has 2 atom stereocenters. The molecule has 1 aromatic carbocycles. The van der Waals surface area contributed by atoms with E-state index < -0.39 is 11.9 Å². The molecule has 0 saturated carbocycles. The maximum atomic E-state index is 13.2. The predicted octanol–water partition coefficient (Wildman–Crippen LogP) is 2.92. The first-order chi connectivity index (χ1) is 8.81. The number of benzene rings is 1. The lowest BCUT2D eigenvalue weighted by Gasteiger charge is -2.14. The van der Waals surface area contributed by atoms with E-state index >= 15 is 0 Å². The number of hydrogen-bond acceptors (Lipinski definition) is 2. The Morgan fingerprint density at radius 2 is 2.11 bits per heavy atom. The lowest BCUT2D eigenvalue weighted by Crippen LogP contribution is -2.29. The molecule has 0 radical (unpaired) electrons. The quantitative estimate of drug-likeness (QED) is 0.875. The van der Waals surface area contributed by atoms with Crippen molar-refractivity contribution in [2.45, 2.75) is 33.3 Å². The van der Waals surface area contributed by atoms with Gasteiger partial charge in [0, 0.05) is 6.54 Å². The second kappa shape index (κ2) is 6.87. The van der Waals surface area contributed by atoms with E-state index in [2.05, 4.69) is 5.32 Å². The Hall–Kier alpha value is -1.13. The smallest absolute Gasteiger partial charge is 0.252 e. The number of aliphatic hydroxyl groups excluding tert-OH is 1. The molecule has 106 valence electrons. The van der Waals surface area contributed by atoms with E-state index in [9.17, 15) is 14.3 Å². The number of nitrogens with one attached hydrogen (secondary N) is 1. The third-order valence-electron chi connectivity index (χ3n) is 2.85. The van der Waals surface area contributed by atoms with Crippen molar-refractivity contribution in [3.63, 3.8) is 0 Å². The molecule has 2 unspecified atom stereocenters. The van der Waals surface area contributed by atoms with Crippen molar-refractivity contribution in [2.75, 3.05) is 6.54 Å². The summed E-state index contributed by atoms with van der Waals surface area (Å²) in [5.74, 6) is -0.598. The van der Waals surface area contributed by atoms with Gasteiger partial charge in [0.2, 0.25) is 0 Å². The fourth-order valence-electron chi connectivity index (χ4n) is 1.86. The minimum Gasteiger partial charge on any atom is -0.393 e. The Balaban J connectivity index is 2.66. The Bertz CT molecular complexity index is 463. The van der Waals surface area contributed by atoms with Crippen LogP contribution in [-0.4, -0.2) is 23.7 Å². The maximum absolute atomic E-state index is 13.2. The molecule has 5 heteroatoms. The van der Waals surface area contributed by atoms with Gasteiger partial charge >= 0.3 is 0 Å². The predicted molar refractivity (Wildman–Crippen MR) is 73.9 cm³/mol. The molecule has 0 aliphatic heterocycles. The molecule has 0 aliphatic rings. The van der Waals surface area contributed by atoms with Crippen molar-refractivity contribution in [2.24, 2.45) is 5.92 Å². The maximum Gasteiger partial charge on any atom is 0.252 e. The van der Waals surface area contributed by atoms with Crippen LogP contribution in [0.4, 0.5) is 4.39 Å². The first kappa shape index (κ1) is 15.9. The fourth-order valence-corrected chi connectivity index (χ4v) is 2.10. The van der Waals surface area contributed by atoms with Gasteiger partial charge in [0.1, 0.15) is 5.82 Å². The molecule has 0 aliphatic carbocycles. The van der Waals surface area contributed by atoms with Crippen LogP contribution in [0.1, 0.15) is 36.2 Å². The van der Waals surface area contributed by atoms with Gasteiger partial charge in [-0.3, -0.25) is 4.79 Å². The van der Waals surface area contributed by atoms with Gasteiger partial charge in [0.25, 0.3) is 5.91 Å². The third kappa shape index (κ3) is 4.80. The molecule has 3 nitrogen and oxygen atoms in total. The summed E-state index contributed by atoms with van der Waals surface area (Å²) >= 11 is 5.86. The van der Waals surface area contributed by atoms with E-state index in [1.54, 1.807) is 13.8 Å². The molecule has 0 bridgehead atoms. The van der Waals surface area contributed by atoms with Gasteiger partial charge in [-0.05, 0) is 43.9 Å². The molecule has 2 N–H and O–H groups in total. The zero-order chi connectivity index (χ0) is 14.6. The number of hydrogen-bond donors (Lipinski definition) is 2. The number of aliphatic hydroxyl groups is 1. The molecule has 19 heavy (non-hydrogen) atoms. The number of rotatable bonds is 5. The van der Waals surface area contributed by atoms with Gasteiger partial charge in [0.05, 0.1) is 16.7 Å². The van der Waals surface area contributed by atoms with Crippen molar-refractivity contribution in [3.8, 4) is 0 Å². The van der Waals surface area contributed by atoms with Crippen molar-refractivity contribution in [1.29, 1.82) is 0 Å². The molecule has 0 fully saturated rings. The first-order valence-electron chi connectivity index (χ1n) is 6.23. The van der Waals surface area contributed by atoms with E-state index in [-0.39, 0.29) is 22.4 Å². The lowest BCUT2D eigenvalue weighted by molar-refractivity contribution is 0.0939. The SMILES string of the molecule is Cc1cc(C(=O)NCC(C)CC(C)O)c(Cl)cc1F. The molecule has 1 aromatic rings. The standard InChI is InChI=1S/C14H19ClFNO2/c1-8(4-10(3)18)7-17-14(19)11-5-9(2)13(16)6-12(11)15/h5-6,8,10,18H,4,7H2,1-3H3,(H,17,19). The topological polar surface area (TPSA) is 49.3 Å². The molecule has 0 aromatic heterocycles. The number of aryl methyl sites for hydroxylation is 1. The van der Waals surface area contributed by atoms with Crippen LogP contribution in [0.5, 0.6) is 0 Å². The second-order valence-corrected chi connectivity index (χ2v) is 5.39. The highest BCUT2D eigenvalue weighted by molar-refractivity contribution is 6.33. The number of carbonyl (C=O) groups is 1. The minimum absolute atomic E-state index is 0.101. The van der Waals surface area contributed by atoms with Crippen molar-refractivity contribution < 1.29 is 14.3 Å². The van der Waals surface area contributed by atoms with Crippen molar-refractivity contribution >= 4 is 17.5 Å². The summed E-state index contributed by atoms with van der Waals surface area (Å²) in [6.45, 7) is 5.66. The average molecular weight is 288 g/mol. The highest BCUT2D eigenvalue weighted by atomic mass is 35.5. The third-order valence-corrected chi connectivity index (χ3v) is 3.16. The Morgan fingerprint density at radius 3 is 2.68 bits per heavy atom. The van der Waals surface area contributed by atoms with Crippen LogP contribution < -0.4 is 5.32 Å². The number of amides is 1. The summed E-state index contributed by atoms with van der Waals surface area (Å²) in [5.41, 5.74) is 0.649. The van der Waals surface area contributed by atoms with Crippen LogP contribution in [0, 0.1) is 18.7 Å². The van der Waals surface area contributed by atoms with E-state index in [1.807, 2.05) is 6.92 Å². The highest BCUT2D eigenvalue weighted by Gasteiger charge is 2.14. The average Bonchev–Trinajstić information content (AvgIpc) is 2.30. The summed E-state index contributed by atoms with van der Waals surface area (Å²) < 4.78 is 13.2. The zero-order valence-electron chi connectivity index (χ0n) is 11.3. The van der Waals surface area contributed by atoms with E-state index in [0.29, 0.717) is 18.5 Å². The van der Waals surface area contributed by atoms with Gasteiger partial charge in [-0.25, -0.2) is 4.39 Å². The van der Waals surface area contributed by atoms with Crippen molar-refractivity contribution in [1.82, 2.24) is 5.32 Å². The Kier molecular flexibility index (Phi) is 5.76. The largest absolute Gasteiger partial charge is 0.393 e. The lowest BCUT2D eigenvalue weighted by atomic mass is 10.0. The van der Waals surface area contributed by atoms with Gasteiger partial charge in [-0.2, -0.15) is 0 Å². The monoisotopic (exact) mass is 287 g/mol. The van der Waals surface area contributed by atoms with Crippen LogP contribution in [0.15, 0.2) is 12.1 Å². The summed E-state index contributed by atoms with van der Waals surface area (Å²) in [5, 5.41) is 12.1. The van der Waals surface area contributed by atoms with E-state index in [1.165, 1.54) is 6.07 Å².